The highest BCUT2D eigenvalue weighted by molar-refractivity contribution is 5.19. The quantitative estimate of drug-likeness (QED) is 0.853. The van der Waals surface area contributed by atoms with Crippen LogP contribution in [0, 0.1) is 6.92 Å². The van der Waals surface area contributed by atoms with Gasteiger partial charge in [0.25, 0.3) is 0 Å². The number of nitrogens with zero attached hydrogens (tertiary/aromatic N) is 2. The second-order valence-corrected chi connectivity index (χ2v) is 4.22. The Morgan fingerprint density at radius 3 is 2.94 bits per heavy atom. The second-order valence-electron chi connectivity index (χ2n) is 4.22. The number of nitrogens with two attached hydrogens (primary N) is 1. The Morgan fingerprint density at radius 2 is 2.25 bits per heavy atom. The molecule has 2 rings (SSSR count). The van der Waals surface area contributed by atoms with Crippen LogP contribution in [0.4, 0.5) is 0 Å². The van der Waals surface area contributed by atoms with Crippen molar-refractivity contribution in [2.45, 2.75) is 26.4 Å². The van der Waals surface area contributed by atoms with Crippen LogP contribution in [0.3, 0.4) is 0 Å². The average Bonchev–Trinajstić information content (AvgIpc) is 2.66. The number of hydrogen-bond donors (Lipinski definition) is 1. The van der Waals surface area contributed by atoms with Gasteiger partial charge in [-0.15, -0.1) is 0 Å². The molecule has 0 saturated carbocycles. The van der Waals surface area contributed by atoms with E-state index in [1.165, 1.54) is 11.1 Å². The first-order valence-electron chi connectivity index (χ1n) is 5.48. The number of aryl methyl sites for hydroxylation is 1. The molecule has 2 heterocycles. The third kappa shape index (κ3) is 2.31. The van der Waals surface area contributed by atoms with Gasteiger partial charge in [-0.25, -0.2) is 0 Å². The van der Waals surface area contributed by atoms with Crippen LogP contribution in [0.25, 0.3) is 0 Å². The summed E-state index contributed by atoms with van der Waals surface area (Å²) in [5.41, 5.74) is 9.45. The molecule has 0 bridgehead atoms. The zero-order valence-corrected chi connectivity index (χ0v) is 9.72. The molecule has 0 radical (unpaired) electrons. The van der Waals surface area contributed by atoms with Gasteiger partial charge >= 0.3 is 0 Å². The smallest absolute Gasteiger partial charge is 0.0488 e. The molecule has 0 saturated heterocycles. The predicted octanol–water partition coefficient (Wildman–Crippen LogP) is 2.26. The van der Waals surface area contributed by atoms with E-state index < -0.39 is 0 Å². The van der Waals surface area contributed by atoms with Gasteiger partial charge in [-0.1, -0.05) is 6.07 Å². The summed E-state index contributed by atoms with van der Waals surface area (Å²) in [6.07, 6.45) is 5.82. The topological polar surface area (TPSA) is 43.8 Å². The largest absolute Gasteiger partial charge is 0.346 e. The van der Waals surface area contributed by atoms with E-state index in [4.69, 9.17) is 5.73 Å². The lowest BCUT2D eigenvalue weighted by molar-refractivity contribution is 0.674. The van der Waals surface area contributed by atoms with E-state index in [1.807, 2.05) is 25.4 Å². The Bertz CT molecular complexity index is 472. The molecule has 2 N–H and O–H groups in total. The Hall–Kier alpha value is -1.61. The zero-order chi connectivity index (χ0) is 11.5. The molecule has 0 fully saturated rings. The molecular weight excluding hydrogens is 198 g/mol. The van der Waals surface area contributed by atoms with E-state index in [9.17, 15) is 0 Å². The SMILES string of the molecule is Cc1cncc(Cn2cccc2C(C)N)c1. The summed E-state index contributed by atoms with van der Waals surface area (Å²) in [5, 5.41) is 0. The molecule has 0 aliphatic carbocycles. The Kier molecular flexibility index (Phi) is 3.06. The molecule has 1 atom stereocenters. The van der Waals surface area contributed by atoms with Gasteiger partial charge in [0.05, 0.1) is 0 Å². The van der Waals surface area contributed by atoms with Gasteiger partial charge in [0.2, 0.25) is 0 Å². The van der Waals surface area contributed by atoms with Gasteiger partial charge in [0.1, 0.15) is 0 Å². The highest BCUT2D eigenvalue weighted by Gasteiger charge is 2.05. The Balaban J connectivity index is 2.24. The molecule has 0 amide bonds. The van der Waals surface area contributed by atoms with Crippen molar-refractivity contribution in [1.82, 2.24) is 9.55 Å². The van der Waals surface area contributed by atoms with Crippen LogP contribution in [0.2, 0.25) is 0 Å². The summed E-state index contributed by atoms with van der Waals surface area (Å²) in [6.45, 7) is 4.89. The molecule has 2 aromatic rings. The zero-order valence-electron chi connectivity index (χ0n) is 9.72. The molecule has 0 spiro atoms. The van der Waals surface area contributed by atoms with Gasteiger partial charge in [-0.3, -0.25) is 4.98 Å². The average molecular weight is 215 g/mol. The van der Waals surface area contributed by atoms with Crippen molar-refractivity contribution in [2.24, 2.45) is 5.73 Å². The normalized spacial score (nSPS) is 12.7. The van der Waals surface area contributed by atoms with Crippen molar-refractivity contribution in [2.75, 3.05) is 0 Å². The van der Waals surface area contributed by atoms with Gasteiger partial charge in [0.15, 0.2) is 0 Å². The number of hydrogen-bond acceptors (Lipinski definition) is 2. The summed E-state index contributed by atoms with van der Waals surface area (Å²) in [7, 11) is 0. The second kappa shape index (κ2) is 4.49. The Labute approximate surface area is 95.9 Å². The van der Waals surface area contributed by atoms with Crippen molar-refractivity contribution in [3.8, 4) is 0 Å². The van der Waals surface area contributed by atoms with Crippen molar-refractivity contribution in [1.29, 1.82) is 0 Å². The summed E-state index contributed by atoms with van der Waals surface area (Å²) < 4.78 is 2.17. The van der Waals surface area contributed by atoms with Crippen LogP contribution in [0.1, 0.15) is 29.8 Å². The van der Waals surface area contributed by atoms with Crippen LogP contribution >= 0.6 is 0 Å². The summed E-state index contributed by atoms with van der Waals surface area (Å²) in [5.74, 6) is 0. The third-order valence-corrected chi connectivity index (χ3v) is 2.62. The molecule has 3 heteroatoms. The summed E-state index contributed by atoms with van der Waals surface area (Å²) in [4.78, 5) is 4.19. The lowest BCUT2D eigenvalue weighted by atomic mass is 10.2. The predicted molar refractivity (Wildman–Crippen MR) is 65.1 cm³/mol. The van der Waals surface area contributed by atoms with Crippen LogP contribution in [0.5, 0.6) is 0 Å². The molecular formula is C13H17N3. The minimum absolute atomic E-state index is 0.0627. The fourth-order valence-corrected chi connectivity index (χ4v) is 1.89. The van der Waals surface area contributed by atoms with Crippen molar-refractivity contribution in [3.63, 3.8) is 0 Å². The van der Waals surface area contributed by atoms with Crippen LogP contribution in [0.15, 0.2) is 36.8 Å². The lowest BCUT2D eigenvalue weighted by Gasteiger charge is -2.12. The van der Waals surface area contributed by atoms with E-state index in [2.05, 4.69) is 34.8 Å². The first kappa shape index (κ1) is 10.9. The van der Waals surface area contributed by atoms with Gasteiger partial charge in [-0.05, 0) is 37.1 Å². The maximum atomic E-state index is 5.91. The van der Waals surface area contributed by atoms with Crippen molar-refractivity contribution >= 4 is 0 Å². The molecule has 0 aromatic carbocycles. The van der Waals surface area contributed by atoms with Crippen molar-refractivity contribution in [3.05, 3.63) is 53.6 Å². The molecule has 0 aliphatic rings. The third-order valence-electron chi connectivity index (χ3n) is 2.62. The minimum atomic E-state index is 0.0627. The number of pyridine rings is 1. The highest BCUT2D eigenvalue weighted by Crippen LogP contribution is 2.13. The molecule has 84 valence electrons. The highest BCUT2D eigenvalue weighted by atomic mass is 15.0. The molecule has 2 aromatic heterocycles. The fraction of sp³-hybridized carbons (Fsp3) is 0.308. The monoisotopic (exact) mass is 215 g/mol. The molecule has 3 nitrogen and oxygen atoms in total. The standard InChI is InChI=1S/C13H17N3/c1-10-6-12(8-15-7-10)9-16-5-3-4-13(16)11(2)14/h3-8,11H,9,14H2,1-2H3. The minimum Gasteiger partial charge on any atom is -0.346 e. The van der Waals surface area contributed by atoms with E-state index in [-0.39, 0.29) is 6.04 Å². The fourth-order valence-electron chi connectivity index (χ4n) is 1.89. The van der Waals surface area contributed by atoms with Crippen LogP contribution in [-0.4, -0.2) is 9.55 Å². The van der Waals surface area contributed by atoms with Crippen LogP contribution < -0.4 is 5.73 Å². The maximum Gasteiger partial charge on any atom is 0.0488 e. The molecule has 0 aliphatic heterocycles. The Morgan fingerprint density at radius 1 is 1.44 bits per heavy atom. The maximum absolute atomic E-state index is 5.91. The van der Waals surface area contributed by atoms with E-state index in [1.54, 1.807) is 0 Å². The van der Waals surface area contributed by atoms with Gasteiger partial charge < -0.3 is 10.3 Å². The first-order valence-corrected chi connectivity index (χ1v) is 5.48. The van der Waals surface area contributed by atoms with E-state index in [0.717, 1.165) is 12.2 Å². The summed E-state index contributed by atoms with van der Waals surface area (Å²) in [6, 6.07) is 6.31. The molecule has 1 unspecified atom stereocenters. The van der Waals surface area contributed by atoms with E-state index in [0.29, 0.717) is 0 Å². The number of aromatic nitrogens is 2. The van der Waals surface area contributed by atoms with Gasteiger partial charge in [-0.2, -0.15) is 0 Å². The summed E-state index contributed by atoms with van der Waals surface area (Å²) >= 11 is 0. The van der Waals surface area contributed by atoms with Crippen molar-refractivity contribution < 1.29 is 0 Å². The van der Waals surface area contributed by atoms with Gasteiger partial charge in [0, 0.05) is 36.9 Å². The van der Waals surface area contributed by atoms with E-state index >= 15 is 0 Å². The molecule has 16 heavy (non-hydrogen) atoms. The van der Waals surface area contributed by atoms with Crippen LogP contribution in [-0.2, 0) is 6.54 Å². The lowest BCUT2D eigenvalue weighted by Crippen LogP contribution is -2.12. The number of rotatable bonds is 3. The first-order chi connectivity index (χ1) is 7.66.